The lowest BCUT2D eigenvalue weighted by Crippen LogP contribution is -2.15. The average Bonchev–Trinajstić information content (AvgIpc) is 2.98. The van der Waals surface area contributed by atoms with Crippen LogP contribution in [0.2, 0.25) is 0 Å². The van der Waals surface area contributed by atoms with Gasteiger partial charge in [-0.2, -0.15) is 13.2 Å². The lowest BCUT2D eigenvalue weighted by molar-refractivity contribution is -0.137. The van der Waals surface area contributed by atoms with Crippen LogP contribution in [0.15, 0.2) is 24.3 Å². The molecule has 0 heterocycles. The van der Waals surface area contributed by atoms with Crippen molar-refractivity contribution in [2.75, 3.05) is 0 Å². The summed E-state index contributed by atoms with van der Waals surface area (Å²) in [7, 11) is 0. The van der Waals surface area contributed by atoms with Crippen LogP contribution >= 0.6 is 0 Å². The van der Waals surface area contributed by atoms with Gasteiger partial charge in [0.15, 0.2) is 0 Å². The van der Waals surface area contributed by atoms with E-state index < -0.39 is 11.7 Å². The molecule has 92 valence electrons. The van der Waals surface area contributed by atoms with E-state index in [-0.39, 0.29) is 11.2 Å². The molecule has 17 heavy (non-hydrogen) atoms. The van der Waals surface area contributed by atoms with Gasteiger partial charge in [-0.3, -0.25) is 4.79 Å². The van der Waals surface area contributed by atoms with E-state index in [4.69, 9.17) is 0 Å². The van der Waals surface area contributed by atoms with Crippen LogP contribution in [0.3, 0.4) is 0 Å². The predicted molar refractivity (Wildman–Crippen MR) is 57.5 cm³/mol. The maximum absolute atomic E-state index is 12.5. The molecule has 0 unspecified atom stereocenters. The third-order valence-electron chi connectivity index (χ3n) is 3.40. The van der Waals surface area contributed by atoms with E-state index >= 15 is 0 Å². The third-order valence-corrected chi connectivity index (χ3v) is 3.40. The Bertz CT molecular complexity index is 444. The number of rotatable bonds is 3. The van der Waals surface area contributed by atoms with E-state index in [1.807, 2.05) is 0 Å². The summed E-state index contributed by atoms with van der Waals surface area (Å²) < 4.78 is 37.5. The third kappa shape index (κ3) is 2.51. The van der Waals surface area contributed by atoms with Crippen molar-refractivity contribution < 1.29 is 18.0 Å². The van der Waals surface area contributed by atoms with E-state index in [0.717, 1.165) is 25.0 Å². The molecule has 0 aliphatic heterocycles. The maximum atomic E-state index is 12.5. The van der Waals surface area contributed by atoms with Gasteiger partial charge < -0.3 is 0 Å². The van der Waals surface area contributed by atoms with Gasteiger partial charge in [0.2, 0.25) is 0 Å². The molecule has 0 radical (unpaired) electrons. The van der Waals surface area contributed by atoms with Crippen LogP contribution in [0.1, 0.15) is 30.9 Å². The second kappa shape index (κ2) is 3.86. The molecule has 1 aromatic carbocycles. The number of hydrogen-bond donors (Lipinski definition) is 0. The van der Waals surface area contributed by atoms with E-state index in [9.17, 15) is 18.0 Å². The first-order valence-corrected chi connectivity index (χ1v) is 5.51. The molecule has 2 rings (SSSR count). The predicted octanol–water partition coefficient (Wildman–Crippen LogP) is 3.62. The van der Waals surface area contributed by atoms with E-state index in [1.54, 1.807) is 6.07 Å². The second-order valence-electron chi connectivity index (χ2n) is 4.71. The fourth-order valence-corrected chi connectivity index (χ4v) is 2.05. The second-order valence-corrected chi connectivity index (χ2v) is 4.71. The minimum atomic E-state index is -4.32. The summed E-state index contributed by atoms with van der Waals surface area (Å²) in [5.74, 6) is 0.0786. The molecule has 0 amide bonds. The van der Waals surface area contributed by atoms with Crippen molar-refractivity contribution in [2.45, 2.75) is 32.4 Å². The van der Waals surface area contributed by atoms with Gasteiger partial charge >= 0.3 is 6.18 Å². The first kappa shape index (κ1) is 12.1. The number of alkyl halides is 3. The molecule has 1 nitrogen and oxygen atoms in total. The zero-order valence-corrected chi connectivity index (χ0v) is 9.47. The molecule has 0 N–H and O–H groups in total. The molecule has 1 fully saturated rings. The van der Waals surface area contributed by atoms with Crippen molar-refractivity contribution in [3.8, 4) is 0 Å². The number of carbonyl (C=O) groups is 1. The zero-order valence-electron chi connectivity index (χ0n) is 9.47. The number of halogens is 3. The fourth-order valence-electron chi connectivity index (χ4n) is 2.05. The summed E-state index contributed by atoms with van der Waals surface area (Å²) in [6, 6.07) is 5.24. The molecule has 0 spiro atoms. The molecular formula is C13H13F3O. The highest BCUT2D eigenvalue weighted by molar-refractivity contribution is 5.85. The Balaban J connectivity index is 2.21. The Morgan fingerprint density at radius 3 is 2.47 bits per heavy atom. The normalized spacial score (nSPS) is 17.9. The molecule has 1 aromatic rings. The van der Waals surface area contributed by atoms with Gasteiger partial charge in [0.05, 0.1) is 5.56 Å². The summed E-state index contributed by atoms with van der Waals surface area (Å²) in [6.07, 6.45) is -2.31. The Hall–Kier alpha value is -1.32. The summed E-state index contributed by atoms with van der Waals surface area (Å²) >= 11 is 0. The van der Waals surface area contributed by atoms with Crippen LogP contribution < -0.4 is 0 Å². The summed E-state index contributed by atoms with van der Waals surface area (Å²) in [6.45, 7) is 1.51. The summed E-state index contributed by atoms with van der Waals surface area (Å²) in [5, 5.41) is 0. The lowest BCUT2D eigenvalue weighted by Gasteiger charge is -2.13. The topological polar surface area (TPSA) is 17.1 Å². The molecule has 0 bridgehead atoms. The number of Topliss-reactive ketones (excluding diaryl/α,β-unsaturated/α-hetero) is 1. The summed E-state index contributed by atoms with van der Waals surface area (Å²) in [5.41, 5.74) is -0.439. The number of ketones is 1. The highest BCUT2D eigenvalue weighted by Crippen LogP contribution is 2.49. The standard InChI is InChI=1S/C13H13F3O/c1-9(17)12(5-6-12)8-10-3-2-4-11(7-10)13(14,15)16/h2-4,7H,5-6,8H2,1H3. The van der Waals surface area contributed by atoms with E-state index in [0.29, 0.717) is 12.0 Å². The Kier molecular flexibility index (Phi) is 2.76. The van der Waals surface area contributed by atoms with Gasteiger partial charge in [0, 0.05) is 5.41 Å². The highest BCUT2D eigenvalue weighted by Gasteiger charge is 2.47. The van der Waals surface area contributed by atoms with Crippen LogP contribution in [-0.4, -0.2) is 5.78 Å². The van der Waals surface area contributed by atoms with Crippen molar-refractivity contribution in [3.05, 3.63) is 35.4 Å². The molecular weight excluding hydrogens is 229 g/mol. The van der Waals surface area contributed by atoms with E-state index in [1.165, 1.54) is 13.0 Å². The van der Waals surface area contributed by atoms with Gasteiger partial charge in [-0.05, 0) is 37.8 Å². The quantitative estimate of drug-likeness (QED) is 0.791. The minimum absolute atomic E-state index is 0.0786. The van der Waals surface area contributed by atoms with Crippen molar-refractivity contribution >= 4 is 5.78 Å². The monoisotopic (exact) mass is 242 g/mol. The first-order chi connectivity index (χ1) is 7.83. The van der Waals surface area contributed by atoms with Crippen LogP contribution in [-0.2, 0) is 17.4 Å². The van der Waals surface area contributed by atoms with Crippen LogP contribution in [0.5, 0.6) is 0 Å². The molecule has 4 heteroatoms. The van der Waals surface area contributed by atoms with Crippen molar-refractivity contribution in [3.63, 3.8) is 0 Å². The van der Waals surface area contributed by atoms with Gasteiger partial charge in [-0.25, -0.2) is 0 Å². The smallest absolute Gasteiger partial charge is 0.299 e. The highest BCUT2D eigenvalue weighted by atomic mass is 19.4. The van der Waals surface area contributed by atoms with Crippen molar-refractivity contribution in [2.24, 2.45) is 5.41 Å². The minimum Gasteiger partial charge on any atom is -0.299 e. The van der Waals surface area contributed by atoms with E-state index in [2.05, 4.69) is 0 Å². The molecule has 1 aliphatic carbocycles. The molecule has 0 aromatic heterocycles. The van der Waals surface area contributed by atoms with Crippen LogP contribution in [0.25, 0.3) is 0 Å². The van der Waals surface area contributed by atoms with Gasteiger partial charge in [0.1, 0.15) is 5.78 Å². The molecule has 1 saturated carbocycles. The van der Waals surface area contributed by atoms with Crippen LogP contribution in [0, 0.1) is 5.41 Å². The zero-order chi connectivity index (χ0) is 12.7. The Morgan fingerprint density at radius 1 is 1.35 bits per heavy atom. The number of benzene rings is 1. The Morgan fingerprint density at radius 2 is 2.00 bits per heavy atom. The molecule has 0 saturated heterocycles. The maximum Gasteiger partial charge on any atom is 0.416 e. The number of hydrogen-bond acceptors (Lipinski definition) is 1. The number of carbonyl (C=O) groups excluding carboxylic acids is 1. The SMILES string of the molecule is CC(=O)C1(Cc2cccc(C(F)(F)F)c2)CC1. The van der Waals surface area contributed by atoms with Gasteiger partial charge in [-0.1, -0.05) is 18.2 Å². The summed E-state index contributed by atoms with van der Waals surface area (Å²) in [4.78, 5) is 11.4. The average molecular weight is 242 g/mol. The molecule has 1 aliphatic rings. The Labute approximate surface area is 97.6 Å². The van der Waals surface area contributed by atoms with Crippen LogP contribution in [0.4, 0.5) is 13.2 Å². The van der Waals surface area contributed by atoms with Gasteiger partial charge in [0.25, 0.3) is 0 Å². The lowest BCUT2D eigenvalue weighted by atomic mass is 9.92. The van der Waals surface area contributed by atoms with Crippen molar-refractivity contribution in [1.29, 1.82) is 0 Å². The van der Waals surface area contributed by atoms with Gasteiger partial charge in [-0.15, -0.1) is 0 Å². The first-order valence-electron chi connectivity index (χ1n) is 5.51. The molecule has 0 atom stereocenters. The largest absolute Gasteiger partial charge is 0.416 e. The fraction of sp³-hybridized carbons (Fsp3) is 0.462. The van der Waals surface area contributed by atoms with Crippen molar-refractivity contribution in [1.82, 2.24) is 0 Å².